The first-order chi connectivity index (χ1) is 7.10. The summed E-state index contributed by atoms with van der Waals surface area (Å²) in [4.78, 5) is 24.9. The number of carbonyl (C=O) groups is 2. The summed E-state index contributed by atoms with van der Waals surface area (Å²) < 4.78 is 0. The number of thioether (sulfide) groups is 1. The summed E-state index contributed by atoms with van der Waals surface area (Å²) in [5, 5.41) is 2.99. The van der Waals surface area contributed by atoms with Crippen LogP contribution in [0.4, 0.5) is 0 Å². The van der Waals surface area contributed by atoms with Crippen LogP contribution in [0.3, 0.4) is 0 Å². The van der Waals surface area contributed by atoms with Crippen molar-refractivity contribution in [2.75, 3.05) is 19.3 Å². The number of rotatable bonds is 4. The Balaban J connectivity index is 2.70. The van der Waals surface area contributed by atoms with E-state index in [0.29, 0.717) is 18.2 Å². The van der Waals surface area contributed by atoms with Crippen molar-refractivity contribution in [3.05, 3.63) is 0 Å². The minimum Gasteiger partial charge on any atom is -0.345 e. The summed E-state index contributed by atoms with van der Waals surface area (Å²) in [5.41, 5.74) is 0. The predicted molar refractivity (Wildman–Crippen MR) is 61.8 cm³/mol. The van der Waals surface area contributed by atoms with Gasteiger partial charge in [0.05, 0.1) is 6.54 Å². The number of hydrogen-bond acceptors (Lipinski definition) is 3. The first-order valence-electron chi connectivity index (χ1n) is 5.20. The maximum absolute atomic E-state index is 11.7. The van der Waals surface area contributed by atoms with Gasteiger partial charge in [-0.25, -0.2) is 0 Å². The van der Waals surface area contributed by atoms with Gasteiger partial charge in [0, 0.05) is 11.8 Å². The smallest absolute Gasteiger partial charge is 0.243 e. The molecule has 0 radical (unpaired) electrons. The minimum atomic E-state index is -0.277. The average molecular weight is 230 g/mol. The first-order valence-corrected chi connectivity index (χ1v) is 6.48. The second kappa shape index (κ2) is 5.39. The molecule has 86 valence electrons. The van der Waals surface area contributed by atoms with Crippen molar-refractivity contribution in [2.45, 2.75) is 31.6 Å². The van der Waals surface area contributed by atoms with Crippen molar-refractivity contribution in [3.8, 4) is 0 Å². The number of nitrogens with zero attached hydrogens (tertiary/aromatic N) is 1. The molecule has 1 fully saturated rings. The van der Waals surface area contributed by atoms with E-state index < -0.39 is 0 Å². The zero-order valence-electron chi connectivity index (χ0n) is 9.45. The summed E-state index contributed by atoms with van der Waals surface area (Å²) >= 11 is 1.71. The quantitative estimate of drug-likeness (QED) is 0.764. The summed E-state index contributed by atoms with van der Waals surface area (Å²) in [6.07, 6.45) is 2.69. The molecular formula is C10H18N2O2S. The molecule has 1 aliphatic rings. The largest absolute Gasteiger partial charge is 0.345 e. The third-order valence-electron chi connectivity index (χ3n) is 2.66. The zero-order valence-corrected chi connectivity index (χ0v) is 10.3. The number of carbonyl (C=O) groups excluding carboxylic acids is 2. The fraction of sp³-hybridized carbons (Fsp3) is 0.800. The minimum absolute atomic E-state index is 0.0228. The zero-order chi connectivity index (χ0) is 11.4. The van der Waals surface area contributed by atoms with E-state index in [9.17, 15) is 9.59 Å². The van der Waals surface area contributed by atoms with Gasteiger partial charge in [-0.05, 0) is 12.7 Å². The Morgan fingerprint density at radius 2 is 2.27 bits per heavy atom. The molecule has 1 N–H and O–H groups in total. The predicted octanol–water partition coefficient (Wildman–Crippen LogP) is 0.475. The molecule has 15 heavy (non-hydrogen) atoms. The van der Waals surface area contributed by atoms with Crippen molar-refractivity contribution in [2.24, 2.45) is 0 Å². The van der Waals surface area contributed by atoms with Crippen LogP contribution < -0.4 is 5.32 Å². The van der Waals surface area contributed by atoms with Crippen molar-refractivity contribution < 1.29 is 9.59 Å². The SMILES string of the molecule is CCC1C(=O)NCC(=O)N1CC(C)SC. The third-order valence-corrected chi connectivity index (χ3v) is 3.61. The van der Waals surface area contributed by atoms with Crippen molar-refractivity contribution in [3.63, 3.8) is 0 Å². The lowest BCUT2D eigenvalue weighted by Crippen LogP contribution is -2.59. The highest BCUT2D eigenvalue weighted by Crippen LogP contribution is 2.14. The Kier molecular flexibility index (Phi) is 4.45. The van der Waals surface area contributed by atoms with Gasteiger partial charge in [-0.15, -0.1) is 0 Å². The van der Waals surface area contributed by atoms with Crippen molar-refractivity contribution >= 4 is 23.6 Å². The third kappa shape index (κ3) is 2.87. The van der Waals surface area contributed by atoms with Crippen molar-refractivity contribution in [1.29, 1.82) is 0 Å². The lowest BCUT2D eigenvalue weighted by atomic mass is 10.1. The second-order valence-electron chi connectivity index (χ2n) is 3.73. The summed E-state index contributed by atoms with van der Waals surface area (Å²) in [6, 6.07) is -0.277. The molecule has 2 atom stereocenters. The molecule has 0 aromatic rings. The van der Waals surface area contributed by atoms with Gasteiger partial charge in [-0.2, -0.15) is 11.8 Å². The van der Waals surface area contributed by atoms with Gasteiger partial charge in [-0.3, -0.25) is 9.59 Å². The molecule has 0 spiro atoms. The van der Waals surface area contributed by atoms with E-state index in [4.69, 9.17) is 0 Å². The van der Waals surface area contributed by atoms with Crippen LogP contribution in [0.25, 0.3) is 0 Å². The molecule has 2 unspecified atom stereocenters. The van der Waals surface area contributed by atoms with Crippen LogP contribution in [0.1, 0.15) is 20.3 Å². The second-order valence-corrected chi connectivity index (χ2v) is 5.01. The maximum atomic E-state index is 11.7. The molecule has 1 saturated heterocycles. The lowest BCUT2D eigenvalue weighted by molar-refractivity contribution is -0.145. The van der Waals surface area contributed by atoms with Crippen LogP contribution in [0, 0.1) is 0 Å². The topological polar surface area (TPSA) is 49.4 Å². The van der Waals surface area contributed by atoms with Gasteiger partial charge >= 0.3 is 0 Å². The van der Waals surface area contributed by atoms with E-state index >= 15 is 0 Å². The van der Waals surface area contributed by atoms with Gasteiger partial charge in [-0.1, -0.05) is 13.8 Å². The van der Waals surface area contributed by atoms with E-state index in [2.05, 4.69) is 12.2 Å². The number of amides is 2. The standard InChI is InChI=1S/C10H18N2O2S/c1-4-8-10(14)11-5-9(13)12(8)6-7(2)15-3/h7-8H,4-6H2,1-3H3,(H,11,14). The van der Waals surface area contributed by atoms with E-state index in [1.165, 1.54) is 0 Å². The molecule has 2 amide bonds. The van der Waals surface area contributed by atoms with E-state index in [-0.39, 0.29) is 24.4 Å². The van der Waals surface area contributed by atoms with Crippen LogP contribution in [0.15, 0.2) is 0 Å². The fourth-order valence-corrected chi connectivity index (χ4v) is 1.99. The van der Waals surface area contributed by atoms with Gasteiger partial charge < -0.3 is 10.2 Å². The molecule has 1 heterocycles. The van der Waals surface area contributed by atoms with Crippen molar-refractivity contribution in [1.82, 2.24) is 10.2 Å². The molecule has 4 nitrogen and oxygen atoms in total. The summed E-state index contributed by atoms with van der Waals surface area (Å²) in [5.74, 6) is 0.00718. The maximum Gasteiger partial charge on any atom is 0.243 e. The van der Waals surface area contributed by atoms with Crippen LogP contribution >= 0.6 is 11.8 Å². The Morgan fingerprint density at radius 1 is 1.60 bits per heavy atom. The van der Waals surface area contributed by atoms with Crippen LogP contribution in [0.2, 0.25) is 0 Å². The highest BCUT2D eigenvalue weighted by molar-refractivity contribution is 7.99. The summed E-state index contributed by atoms with van der Waals surface area (Å²) in [6.45, 7) is 4.80. The van der Waals surface area contributed by atoms with Crippen LogP contribution in [-0.4, -0.2) is 47.4 Å². The van der Waals surface area contributed by atoms with Crippen LogP contribution in [-0.2, 0) is 9.59 Å². The highest BCUT2D eigenvalue weighted by Gasteiger charge is 2.33. The fourth-order valence-electron chi connectivity index (χ4n) is 1.68. The number of piperazine rings is 1. The van der Waals surface area contributed by atoms with Gasteiger partial charge in [0.25, 0.3) is 0 Å². The Hall–Kier alpha value is -0.710. The van der Waals surface area contributed by atoms with E-state index in [1.807, 2.05) is 13.2 Å². The molecule has 0 saturated carbocycles. The average Bonchev–Trinajstić information content (AvgIpc) is 2.23. The number of hydrogen-bond donors (Lipinski definition) is 1. The Bertz CT molecular complexity index is 258. The van der Waals surface area contributed by atoms with Gasteiger partial charge in [0.15, 0.2) is 0 Å². The number of nitrogens with one attached hydrogen (secondary N) is 1. The molecule has 0 aromatic carbocycles. The molecule has 1 rings (SSSR count). The molecule has 5 heteroatoms. The summed E-state index contributed by atoms with van der Waals surface area (Å²) in [7, 11) is 0. The molecule has 0 aliphatic carbocycles. The van der Waals surface area contributed by atoms with Gasteiger partial charge in [0.1, 0.15) is 6.04 Å². The van der Waals surface area contributed by atoms with E-state index in [1.54, 1.807) is 16.7 Å². The molecule has 1 aliphatic heterocycles. The highest BCUT2D eigenvalue weighted by atomic mass is 32.2. The molecular weight excluding hydrogens is 212 g/mol. The monoisotopic (exact) mass is 230 g/mol. The lowest BCUT2D eigenvalue weighted by Gasteiger charge is -2.35. The van der Waals surface area contributed by atoms with Gasteiger partial charge in [0.2, 0.25) is 11.8 Å². The Morgan fingerprint density at radius 3 is 2.80 bits per heavy atom. The molecule has 0 aromatic heterocycles. The molecule has 0 bridgehead atoms. The first kappa shape index (κ1) is 12.4. The van der Waals surface area contributed by atoms with E-state index in [0.717, 1.165) is 0 Å². The normalized spacial score (nSPS) is 23.9. The Labute approximate surface area is 94.8 Å². The van der Waals surface area contributed by atoms with Crippen LogP contribution in [0.5, 0.6) is 0 Å².